The van der Waals surface area contributed by atoms with E-state index in [1.165, 1.54) is 19.1 Å². The van der Waals surface area contributed by atoms with Crippen LogP contribution in [-0.2, 0) is 21.5 Å². The Bertz CT molecular complexity index is 1580. The van der Waals surface area contributed by atoms with Gasteiger partial charge in [0.25, 0.3) is 0 Å². The van der Waals surface area contributed by atoms with Crippen molar-refractivity contribution in [3.8, 4) is 22.8 Å². The molecule has 7 nitrogen and oxygen atoms in total. The van der Waals surface area contributed by atoms with Gasteiger partial charge in [-0.25, -0.2) is 4.98 Å². The van der Waals surface area contributed by atoms with E-state index in [0.717, 1.165) is 21.9 Å². The third-order valence-corrected chi connectivity index (χ3v) is 6.89. The fourth-order valence-corrected chi connectivity index (χ4v) is 4.74. The van der Waals surface area contributed by atoms with Gasteiger partial charge in [0.15, 0.2) is 11.5 Å². The van der Waals surface area contributed by atoms with Crippen molar-refractivity contribution in [1.29, 1.82) is 0 Å². The van der Waals surface area contributed by atoms with Crippen molar-refractivity contribution in [3.05, 3.63) is 83.9 Å². The topological polar surface area (TPSA) is 89.6 Å². The SMILES string of the molecule is CC(=O)NCc1ccc(-c2nc(NC(=O)C3(c4ccc5c(c4)OC(F)(F)O5)CC3)cc3ccccc23)cc1. The zero-order valence-electron chi connectivity index (χ0n) is 20.4. The first-order valence-corrected chi connectivity index (χ1v) is 12.2. The van der Waals surface area contributed by atoms with Crippen molar-refractivity contribution in [2.75, 3.05) is 5.32 Å². The lowest BCUT2D eigenvalue weighted by atomic mass is 9.94. The van der Waals surface area contributed by atoms with E-state index in [-0.39, 0.29) is 23.3 Å². The van der Waals surface area contributed by atoms with E-state index in [9.17, 15) is 18.4 Å². The Morgan fingerprint density at radius 1 is 0.947 bits per heavy atom. The van der Waals surface area contributed by atoms with Crippen LogP contribution in [0.15, 0.2) is 72.8 Å². The fraction of sp³-hybridized carbons (Fsp3) is 0.207. The molecule has 9 heteroatoms. The molecule has 6 rings (SSSR count). The van der Waals surface area contributed by atoms with Gasteiger partial charge >= 0.3 is 6.29 Å². The quantitative estimate of drug-likeness (QED) is 0.353. The molecule has 2 aliphatic rings. The summed E-state index contributed by atoms with van der Waals surface area (Å²) >= 11 is 0. The molecule has 3 aromatic carbocycles. The summed E-state index contributed by atoms with van der Waals surface area (Å²) in [7, 11) is 0. The number of pyridine rings is 1. The van der Waals surface area contributed by atoms with Crippen molar-refractivity contribution in [2.45, 2.75) is 38.0 Å². The molecule has 2 N–H and O–H groups in total. The molecule has 0 spiro atoms. The van der Waals surface area contributed by atoms with Crippen LogP contribution >= 0.6 is 0 Å². The zero-order chi connectivity index (χ0) is 26.5. The van der Waals surface area contributed by atoms with Gasteiger partial charge in [-0.2, -0.15) is 0 Å². The average Bonchev–Trinajstić information content (AvgIpc) is 3.64. The van der Waals surface area contributed by atoms with Gasteiger partial charge in [-0.05, 0) is 47.6 Å². The monoisotopic (exact) mass is 515 g/mol. The van der Waals surface area contributed by atoms with Crippen LogP contribution in [0, 0.1) is 0 Å². The minimum atomic E-state index is -3.71. The molecule has 2 amide bonds. The van der Waals surface area contributed by atoms with Crippen LogP contribution in [0.3, 0.4) is 0 Å². The summed E-state index contributed by atoms with van der Waals surface area (Å²) < 4.78 is 36.0. The van der Waals surface area contributed by atoms with E-state index in [0.29, 0.717) is 36.5 Å². The highest BCUT2D eigenvalue weighted by atomic mass is 19.3. The van der Waals surface area contributed by atoms with Crippen molar-refractivity contribution in [3.63, 3.8) is 0 Å². The third-order valence-electron chi connectivity index (χ3n) is 6.89. The number of hydrogen-bond donors (Lipinski definition) is 2. The number of nitrogens with zero attached hydrogens (tertiary/aromatic N) is 1. The van der Waals surface area contributed by atoms with Crippen molar-refractivity contribution < 1.29 is 27.8 Å². The van der Waals surface area contributed by atoms with Gasteiger partial charge in [-0.15, -0.1) is 8.78 Å². The van der Waals surface area contributed by atoms with Crippen LogP contribution in [0.4, 0.5) is 14.6 Å². The molecule has 192 valence electrons. The van der Waals surface area contributed by atoms with Gasteiger partial charge in [0.1, 0.15) is 5.82 Å². The molecule has 0 atom stereocenters. The van der Waals surface area contributed by atoms with E-state index in [1.807, 2.05) is 54.6 Å². The van der Waals surface area contributed by atoms with Crippen LogP contribution in [0.5, 0.6) is 11.5 Å². The summed E-state index contributed by atoms with van der Waals surface area (Å²) in [4.78, 5) is 29.5. The number of carbonyl (C=O) groups is 2. The molecule has 1 saturated carbocycles. The molecular weight excluding hydrogens is 492 g/mol. The number of hydrogen-bond acceptors (Lipinski definition) is 5. The number of anilines is 1. The van der Waals surface area contributed by atoms with E-state index in [4.69, 9.17) is 4.98 Å². The highest BCUT2D eigenvalue weighted by Gasteiger charge is 2.53. The van der Waals surface area contributed by atoms with Crippen LogP contribution in [0.2, 0.25) is 0 Å². The maximum Gasteiger partial charge on any atom is 0.586 e. The molecular formula is C29H23F2N3O4. The molecule has 38 heavy (non-hydrogen) atoms. The maximum atomic E-state index is 13.5. The number of benzene rings is 3. The minimum Gasteiger partial charge on any atom is -0.395 e. The van der Waals surface area contributed by atoms with Gasteiger partial charge in [0.05, 0.1) is 11.1 Å². The molecule has 1 aliphatic heterocycles. The first-order valence-electron chi connectivity index (χ1n) is 12.2. The second-order valence-corrected chi connectivity index (χ2v) is 9.55. The Morgan fingerprint density at radius 3 is 2.42 bits per heavy atom. The highest BCUT2D eigenvalue weighted by Crippen LogP contribution is 2.52. The van der Waals surface area contributed by atoms with Crippen LogP contribution in [0.1, 0.15) is 30.9 Å². The molecule has 2 heterocycles. The largest absolute Gasteiger partial charge is 0.586 e. The van der Waals surface area contributed by atoms with E-state index < -0.39 is 11.7 Å². The number of fused-ring (bicyclic) bond motifs is 2. The van der Waals surface area contributed by atoms with Gasteiger partial charge in [-0.1, -0.05) is 54.6 Å². The Morgan fingerprint density at radius 2 is 1.68 bits per heavy atom. The second kappa shape index (κ2) is 8.79. The molecule has 4 aromatic rings. The number of ether oxygens (including phenoxy) is 2. The summed E-state index contributed by atoms with van der Waals surface area (Å²) in [6.07, 6.45) is -2.57. The summed E-state index contributed by atoms with van der Waals surface area (Å²) in [6.45, 7) is 1.90. The smallest absolute Gasteiger partial charge is 0.395 e. The number of carbonyl (C=O) groups excluding carboxylic acids is 2. The minimum absolute atomic E-state index is 0.0566. The van der Waals surface area contributed by atoms with Crippen molar-refractivity contribution in [1.82, 2.24) is 10.3 Å². The second-order valence-electron chi connectivity index (χ2n) is 9.55. The van der Waals surface area contributed by atoms with E-state index >= 15 is 0 Å². The van der Waals surface area contributed by atoms with Crippen LogP contribution in [-0.4, -0.2) is 23.1 Å². The Kier molecular flexibility index (Phi) is 5.52. The van der Waals surface area contributed by atoms with Gasteiger partial charge in [0, 0.05) is 24.4 Å². The number of aromatic nitrogens is 1. The lowest BCUT2D eigenvalue weighted by Gasteiger charge is -2.17. The molecule has 0 bridgehead atoms. The number of nitrogens with one attached hydrogen (secondary N) is 2. The third kappa shape index (κ3) is 4.40. The Labute approximate surface area is 216 Å². The van der Waals surface area contributed by atoms with Gasteiger partial charge in [0.2, 0.25) is 11.8 Å². The summed E-state index contributed by atoms with van der Waals surface area (Å²) in [5.74, 6) is -0.108. The maximum absolute atomic E-state index is 13.5. The zero-order valence-corrected chi connectivity index (χ0v) is 20.4. The lowest BCUT2D eigenvalue weighted by Crippen LogP contribution is -2.28. The van der Waals surface area contributed by atoms with Crippen molar-refractivity contribution >= 4 is 28.4 Å². The Hall–Kier alpha value is -4.53. The molecule has 0 radical (unpaired) electrons. The number of alkyl halides is 2. The summed E-state index contributed by atoms with van der Waals surface area (Å²) in [5, 5.41) is 7.57. The van der Waals surface area contributed by atoms with Gasteiger partial charge < -0.3 is 20.1 Å². The predicted molar refractivity (Wildman–Crippen MR) is 137 cm³/mol. The highest BCUT2D eigenvalue weighted by molar-refractivity contribution is 6.03. The first-order chi connectivity index (χ1) is 18.2. The number of amides is 2. The predicted octanol–water partition coefficient (Wildman–Crippen LogP) is 5.53. The van der Waals surface area contributed by atoms with Crippen molar-refractivity contribution in [2.24, 2.45) is 0 Å². The Balaban J connectivity index is 1.29. The first kappa shape index (κ1) is 23.8. The summed E-state index contributed by atoms with van der Waals surface area (Å²) in [5.41, 5.74) is 2.26. The van der Waals surface area contributed by atoms with E-state index in [2.05, 4.69) is 20.1 Å². The average molecular weight is 516 g/mol. The fourth-order valence-electron chi connectivity index (χ4n) is 4.74. The van der Waals surface area contributed by atoms with Crippen LogP contribution < -0.4 is 20.1 Å². The molecule has 1 fully saturated rings. The van der Waals surface area contributed by atoms with Gasteiger partial charge in [-0.3, -0.25) is 9.59 Å². The summed E-state index contributed by atoms with van der Waals surface area (Å²) in [6, 6.07) is 21.8. The number of rotatable bonds is 6. The normalized spacial score (nSPS) is 16.2. The lowest BCUT2D eigenvalue weighted by molar-refractivity contribution is -0.286. The molecule has 0 unspecified atom stereocenters. The molecule has 0 saturated heterocycles. The molecule has 1 aromatic heterocycles. The number of halogens is 2. The molecule has 1 aliphatic carbocycles. The van der Waals surface area contributed by atoms with E-state index in [1.54, 1.807) is 6.07 Å². The van der Waals surface area contributed by atoms with Crippen LogP contribution in [0.25, 0.3) is 22.0 Å². The standard InChI is InChI=1S/C29H23F2N3O4/c1-17(35)32-16-18-6-8-19(9-7-18)26-22-5-3-2-4-20(22)14-25(33-26)34-27(36)28(12-13-28)21-10-11-23-24(15-21)38-29(30,31)37-23/h2-11,14-15H,12-13,16H2,1H3,(H,32,35)(H,33,34,36).